The summed E-state index contributed by atoms with van der Waals surface area (Å²) in [6.07, 6.45) is 3.67. The van der Waals surface area contributed by atoms with E-state index in [-0.39, 0.29) is 5.41 Å². The molecule has 0 spiro atoms. The summed E-state index contributed by atoms with van der Waals surface area (Å²) in [6, 6.07) is 0. The molecule has 0 radical (unpaired) electrons. The second-order valence-electron chi connectivity index (χ2n) is 4.84. The Hall–Kier alpha value is -0.640. The molecule has 0 bridgehead atoms. The van der Waals surface area contributed by atoms with Gasteiger partial charge in [0, 0.05) is 24.9 Å². The molecule has 1 rings (SSSR count). The molecule has 0 unspecified atom stereocenters. The summed E-state index contributed by atoms with van der Waals surface area (Å²) in [5.74, 6) is 0.295. The standard InChI is InChI=1S/C11H20N2OS/c1-11(2,10(12)15)6-4-8-13-7-3-5-9(13)14/h3-8H2,1-2H3,(H2,12,15). The van der Waals surface area contributed by atoms with Crippen LogP contribution >= 0.6 is 12.2 Å². The van der Waals surface area contributed by atoms with Crippen molar-refractivity contribution in [3.63, 3.8) is 0 Å². The van der Waals surface area contributed by atoms with E-state index in [4.69, 9.17) is 18.0 Å². The average Bonchev–Trinajstić information content (AvgIpc) is 2.51. The monoisotopic (exact) mass is 228 g/mol. The van der Waals surface area contributed by atoms with Gasteiger partial charge in [0.1, 0.15) is 0 Å². The summed E-state index contributed by atoms with van der Waals surface area (Å²) in [5.41, 5.74) is 5.56. The highest BCUT2D eigenvalue weighted by molar-refractivity contribution is 7.80. The first-order valence-corrected chi connectivity index (χ1v) is 5.92. The van der Waals surface area contributed by atoms with Gasteiger partial charge in [-0.1, -0.05) is 26.1 Å². The fourth-order valence-corrected chi connectivity index (χ4v) is 1.88. The van der Waals surface area contributed by atoms with Crippen LogP contribution in [0.4, 0.5) is 0 Å². The van der Waals surface area contributed by atoms with Crippen molar-refractivity contribution in [2.24, 2.45) is 11.1 Å². The minimum absolute atomic E-state index is 0.0852. The molecule has 4 heteroatoms. The normalized spacial score (nSPS) is 17.2. The van der Waals surface area contributed by atoms with E-state index in [0.717, 1.165) is 38.8 Å². The van der Waals surface area contributed by atoms with Crippen molar-refractivity contribution in [1.29, 1.82) is 0 Å². The van der Waals surface area contributed by atoms with Gasteiger partial charge < -0.3 is 10.6 Å². The number of thiocarbonyl (C=S) groups is 1. The molecular weight excluding hydrogens is 208 g/mol. The second-order valence-corrected chi connectivity index (χ2v) is 5.28. The number of amides is 1. The molecule has 86 valence electrons. The van der Waals surface area contributed by atoms with Crippen LogP contribution in [0.2, 0.25) is 0 Å². The molecule has 3 nitrogen and oxygen atoms in total. The fourth-order valence-electron chi connectivity index (χ4n) is 1.78. The third-order valence-corrected chi connectivity index (χ3v) is 3.62. The predicted octanol–water partition coefficient (Wildman–Crippen LogP) is 1.70. The Morgan fingerprint density at radius 3 is 2.73 bits per heavy atom. The lowest BCUT2D eigenvalue weighted by molar-refractivity contribution is -0.127. The molecule has 0 aromatic rings. The van der Waals surface area contributed by atoms with Gasteiger partial charge in [0.05, 0.1) is 4.99 Å². The maximum atomic E-state index is 11.3. The Balaban J connectivity index is 2.27. The van der Waals surface area contributed by atoms with Crippen molar-refractivity contribution >= 4 is 23.1 Å². The molecule has 0 aliphatic carbocycles. The maximum Gasteiger partial charge on any atom is 0.222 e. The van der Waals surface area contributed by atoms with Crippen molar-refractivity contribution in [2.45, 2.75) is 39.5 Å². The second kappa shape index (κ2) is 4.92. The highest BCUT2D eigenvalue weighted by Crippen LogP contribution is 2.23. The molecule has 1 heterocycles. The molecule has 15 heavy (non-hydrogen) atoms. The number of hydrogen-bond acceptors (Lipinski definition) is 2. The molecule has 1 saturated heterocycles. The van der Waals surface area contributed by atoms with Gasteiger partial charge in [-0.3, -0.25) is 4.79 Å². The fraction of sp³-hybridized carbons (Fsp3) is 0.818. The highest BCUT2D eigenvalue weighted by atomic mass is 32.1. The van der Waals surface area contributed by atoms with Gasteiger partial charge in [-0.05, 0) is 19.3 Å². The van der Waals surface area contributed by atoms with Crippen LogP contribution in [0.25, 0.3) is 0 Å². The molecule has 0 atom stereocenters. The van der Waals surface area contributed by atoms with E-state index < -0.39 is 0 Å². The number of rotatable bonds is 5. The minimum atomic E-state index is -0.0852. The molecule has 1 amide bonds. The Labute approximate surface area is 97.0 Å². The van der Waals surface area contributed by atoms with Gasteiger partial charge >= 0.3 is 0 Å². The van der Waals surface area contributed by atoms with E-state index in [1.807, 2.05) is 4.90 Å². The maximum absolute atomic E-state index is 11.3. The number of nitrogens with two attached hydrogens (primary N) is 1. The Kier molecular flexibility index (Phi) is 4.08. The zero-order valence-electron chi connectivity index (χ0n) is 9.58. The van der Waals surface area contributed by atoms with E-state index in [0.29, 0.717) is 10.9 Å². The van der Waals surface area contributed by atoms with Crippen LogP contribution in [0.5, 0.6) is 0 Å². The van der Waals surface area contributed by atoms with Gasteiger partial charge in [0.15, 0.2) is 0 Å². The molecule has 1 aliphatic rings. The van der Waals surface area contributed by atoms with Crippen molar-refractivity contribution in [1.82, 2.24) is 4.90 Å². The Bertz CT molecular complexity index is 263. The van der Waals surface area contributed by atoms with Crippen molar-refractivity contribution < 1.29 is 4.79 Å². The summed E-state index contributed by atoms with van der Waals surface area (Å²) in [6.45, 7) is 5.89. The predicted molar refractivity (Wildman–Crippen MR) is 65.6 cm³/mol. The van der Waals surface area contributed by atoms with Crippen molar-refractivity contribution in [3.05, 3.63) is 0 Å². The number of carbonyl (C=O) groups excluding carboxylic acids is 1. The summed E-state index contributed by atoms with van der Waals surface area (Å²) in [4.78, 5) is 13.8. The van der Waals surface area contributed by atoms with E-state index in [1.54, 1.807) is 0 Å². The van der Waals surface area contributed by atoms with Crippen LogP contribution in [0.15, 0.2) is 0 Å². The van der Waals surface area contributed by atoms with Gasteiger partial charge in [0.25, 0.3) is 0 Å². The van der Waals surface area contributed by atoms with Crippen LogP contribution in [0.3, 0.4) is 0 Å². The van der Waals surface area contributed by atoms with Gasteiger partial charge in [-0.25, -0.2) is 0 Å². The lowest BCUT2D eigenvalue weighted by Gasteiger charge is -2.24. The highest BCUT2D eigenvalue weighted by Gasteiger charge is 2.23. The third-order valence-electron chi connectivity index (χ3n) is 3.07. The lowest BCUT2D eigenvalue weighted by atomic mass is 9.88. The molecule has 1 fully saturated rings. The topological polar surface area (TPSA) is 46.3 Å². The van der Waals surface area contributed by atoms with Crippen LogP contribution in [0, 0.1) is 5.41 Å². The number of carbonyl (C=O) groups is 1. The van der Waals surface area contributed by atoms with E-state index in [9.17, 15) is 4.79 Å². The summed E-state index contributed by atoms with van der Waals surface area (Å²) >= 11 is 5.00. The van der Waals surface area contributed by atoms with E-state index >= 15 is 0 Å². The van der Waals surface area contributed by atoms with Gasteiger partial charge in [0.2, 0.25) is 5.91 Å². The molecule has 0 aromatic heterocycles. The first kappa shape index (κ1) is 12.4. The van der Waals surface area contributed by atoms with Gasteiger partial charge in [-0.2, -0.15) is 0 Å². The zero-order valence-corrected chi connectivity index (χ0v) is 10.4. The molecule has 1 aliphatic heterocycles. The first-order valence-electron chi connectivity index (χ1n) is 5.51. The smallest absolute Gasteiger partial charge is 0.222 e. The van der Waals surface area contributed by atoms with E-state index in [1.165, 1.54) is 0 Å². The minimum Gasteiger partial charge on any atom is -0.393 e. The number of nitrogens with zero attached hydrogens (tertiary/aromatic N) is 1. The Morgan fingerprint density at radius 1 is 1.60 bits per heavy atom. The number of hydrogen-bond donors (Lipinski definition) is 1. The zero-order chi connectivity index (χ0) is 11.5. The summed E-state index contributed by atoms with van der Waals surface area (Å²) in [5, 5.41) is 0. The molecule has 0 saturated carbocycles. The average molecular weight is 228 g/mol. The molecule has 2 N–H and O–H groups in total. The van der Waals surface area contributed by atoms with Crippen molar-refractivity contribution in [3.8, 4) is 0 Å². The summed E-state index contributed by atoms with van der Waals surface area (Å²) in [7, 11) is 0. The molecule has 0 aromatic carbocycles. The first-order chi connectivity index (χ1) is 6.93. The Morgan fingerprint density at radius 2 is 2.27 bits per heavy atom. The third kappa shape index (κ3) is 3.45. The SMILES string of the molecule is CC(C)(CCCN1CCCC1=O)C(N)=S. The number of likely N-dealkylation sites (tertiary alicyclic amines) is 1. The summed E-state index contributed by atoms with van der Waals surface area (Å²) < 4.78 is 0. The quantitative estimate of drug-likeness (QED) is 0.729. The lowest BCUT2D eigenvalue weighted by Crippen LogP contribution is -2.32. The van der Waals surface area contributed by atoms with Gasteiger partial charge in [-0.15, -0.1) is 0 Å². The van der Waals surface area contributed by atoms with Crippen LogP contribution in [-0.4, -0.2) is 28.9 Å². The van der Waals surface area contributed by atoms with Crippen LogP contribution < -0.4 is 5.73 Å². The van der Waals surface area contributed by atoms with Crippen LogP contribution in [-0.2, 0) is 4.79 Å². The largest absolute Gasteiger partial charge is 0.393 e. The molecular formula is C11H20N2OS. The van der Waals surface area contributed by atoms with Crippen molar-refractivity contribution in [2.75, 3.05) is 13.1 Å². The van der Waals surface area contributed by atoms with Crippen LogP contribution in [0.1, 0.15) is 39.5 Å². The van der Waals surface area contributed by atoms with E-state index in [2.05, 4.69) is 13.8 Å².